The third-order valence-corrected chi connectivity index (χ3v) is 4.89. The van der Waals surface area contributed by atoms with E-state index in [1.807, 2.05) is 19.1 Å². The molecule has 1 aromatic carbocycles. The summed E-state index contributed by atoms with van der Waals surface area (Å²) in [6.07, 6.45) is 0. The molecule has 0 fully saturated rings. The number of benzene rings is 1. The molecular formula is C13H13Br2NOS. The van der Waals surface area contributed by atoms with Crippen LogP contribution in [0.3, 0.4) is 0 Å². The van der Waals surface area contributed by atoms with E-state index in [4.69, 9.17) is 4.74 Å². The molecule has 96 valence electrons. The van der Waals surface area contributed by atoms with Crippen LogP contribution in [0.4, 0.5) is 0 Å². The van der Waals surface area contributed by atoms with Gasteiger partial charge in [0.25, 0.3) is 0 Å². The Morgan fingerprint density at radius 3 is 2.67 bits per heavy atom. The third kappa shape index (κ3) is 3.33. The lowest BCUT2D eigenvalue weighted by molar-refractivity contribution is 0.303. The number of halogens is 2. The molecule has 0 aliphatic rings. The van der Waals surface area contributed by atoms with Gasteiger partial charge in [0.05, 0.1) is 10.2 Å². The maximum absolute atomic E-state index is 5.78. The van der Waals surface area contributed by atoms with E-state index >= 15 is 0 Å². The molecule has 5 heteroatoms. The molecule has 0 bridgehead atoms. The van der Waals surface area contributed by atoms with Crippen LogP contribution < -0.4 is 4.74 Å². The Kier molecular flexibility index (Phi) is 4.81. The molecule has 2 rings (SSSR count). The van der Waals surface area contributed by atoms with E-state index in [0.717, 1.165) is 26.3 Å². The summed E-state index contributed by atoms with van der Waals surface area (Å²) in [6, 6.07) is 6.09. The van der Waals surface area contributed by atoms with Gasteiger partial charge in [-0.3, -0.25) is 0 Å². The van der Waals surface area contributed by atoms with E-state index in [2.05, 4.69) is 49.8 Å². The van der Waals surface area contributed by atoms with Gasteiger partial charge >= 0.3 is 0 Å². The molecule has 2 aromatic rings. The zero-order chi connectivity index (χ0) is 13.1. The number of ether oxygens (including phenoxy) is 1. The lowest BCUT2D eigenvalue weighted by atomic mass is 10.2. The molecule has 1 heterocycles. The summed E-state index contributed by atoms with van der Waals surface area (Å²) < 4.78 is 6.75. The van der Waals surface area contributed by atoms with Crippen LogP contribution in [0.5, 0.6) is 5.75 Å². The van der Waals surface area contributed by atoms with E-state index in [9.17, 15) is 0 Å². The molecule has 0 aliphatic carbocycles. The predicted molar refractivity (Wildman–Crippen MR) is 82.7 cm³/mol. The average Bonchev–Trinajstić information content (AvgIpc) is 2.67. The van der Waals surface area contributed by atoms with Crippen molar-refractivity contribution in [3.05, 3.63) is 43.8 Å². The number of nitrogens with zero attached hydrogens (tertiary/aromatic N) is 1. The number of thiazole rings is 1. The molecule has 0 aliphatic heterocycles. The monoisotopic (exact) mass is 389 g/mol. The van der Waals surface area contributed by atoms with Crippen LogP contribution in [0, 0.1) is 13.8 Å². The van der Waals surface area contributed by atoms with Crippen LogP contribution in [-0.4, -0.2) is 4.98 Å². The standard InChI is InChI=1S/C13H13Br2NOS/c1-8-9(2)18-13(16-8)7-17-12-4-3-10(6-14)5-11(12)15/h3-5H,6-7H2,1-2H3. The molecule has 2 nitrogen and oxygen atoms in total. The Morgan fingerprint density at radius 2 is 2.11 bits per heavy atom. The van der Waals surface area contributed by atoms with Crippen LogP contribution in [-0.2, 0) is 11.9 Å². The van der Waals surface area contributed by atoms with E-state index in [1.54, 1.807) is 11.3 Å². The Morgan fingerprint density at radius 1 is 1.33 bits per heavy atom. The summed E-state index contributed by atoms with van der Waals surface area (Å²) in [6.45, 7) is 4.62. The van der Waals surface area contributed by atoms with Crippen molar-refractivity contribution in [3.63, 3.8) is 0 Å². The minimum atomic E-state index is 0.519. The Bertz CT molecular complexity index is 534. The molecule has 0 radical (unpaired) electrons. The molecule has 0 spiro atoms. The maximum Gasteiger partial charge on any atom is 0.140 e. The Hall–Kier alpha value is -0.390. The average molecular weight is 391 g/mol. The second-order valence-corrected chi connectivity index (χ2v) is 6.64. The number of hydrogen-bond donors (Lipinski definition) is 0. The van der Waals surface area contributed by atoms with Crippen molar-refractivity contribution in [1.82, 2.24) is 4.98 Å². The van der Waals surface area contributed by atoms with Crippen LogP contribution in [0.2, 0.25) is 0 Å². The Labute approximate surface area is 128 Å². The van der Waals surface area contributed by atoms with Crippen LogP contribution >= 0.6 is 43.2 Å². The third-order valence-electron chi connectivity index (χ3n) is 2.57. The summed E-state index contributed by atoms with van der Waals surface area (Å²) in [5.41, 5.74) is 2.31. The number of alkyl halides is 1. The highest BCUT2D eigenvalue weighted by Crippen LogP contribution is 2.28. The zero-order valence-corrected chi connectivity index (χ0v) is 14.2. The van der Waals surface area contributed by atoms with E-state index in [0.29, 0.717) is 6.61 Å². The van der Waals surface area contributed by atoms with Crippen molar-refractivity contribution in [2.75, 3.05) is 0 Å². The Balaban J connectivity index is 2.06. The molecule has 0 amide bonds. The fourth-order valence-corrected chi connectivity index (χ4v) is 3.22. The van der Waals surface area contributed by atoms with Gasteiger partial charge in [-0.25, -0.2) is 4.98 Å². The second-order valence-electron chi connectivity index (χ2n) is 3.94. The first-order chi connectivity index (χ1) is 8.60. The topological polar surface area (TPSA) is 22.1 Å². The normalized spacial score (nSPS) is 10.7. The quantitative estimate of drug-likeness (QED) is 0.685. The SMILES string of the molecule is Cc1nc(COc2ccc(CBr)cc2Br)sc1C. The van der Waals surface area contributed by atoms with Crippen molar-refractivity contribution >= 4 is 43.2 Å². The van der Waals surface area contributed by atoms with Gasteiger partial charge in [-0.1, -0.05) is 22.0 Å². The molecule has 0 atom stereocenters. The fourth-order valence-electron chi connectivity index (χ4n) is 1.48. The van der Waals surface area contributed by atoms with Gasteiger partial charge in [0.2, 0.25) is 0 Å². The highest BCUT2D eigenvalue weighted by molar-refractivity contribution is 9.10. The van der Waals surface area contributed by atoms with Crippen molar-refractivity contribution in [2.24, 2.45) is 0 Å². The minimum absolute atomic E-state index is 0.519. The summed E-state index contributed by atoms with van der Waals surface area (Å²) >= 11 is 8.64. The largest absolute Gasteiger partial charge is 0.485 e. The van der Waals surface area contributed by atoms with Gasteiger partial charge in [-0.15, -0.1) is 11.3 Å². The molecule has 1 aromatic heterocycles. The molecular weight excluding hydrogens is 378 g/mol. The van der Waals surface area contributed by atoms with Crippen LogP contribution in [0.15, 0.2) is 22.7 Å². The van der Waals surface area contributed by atoms with Crippen LogP contribution in [0.25, 0.3) is 0 Å². The lowest BCUT2D eigenvalue weighted by Crippen LogP contribution is -1.96. The highest BCUT2D eigenvalue weighted by atomic mass is 79.9. The lowest BCUT2D eigenvalue weighted by Gasteiger charge is -2.07. The van der Waals surface area contributed by atoms with Gasteiger partial charge < -0.3 is 4.74 Å². The first kappa shape index (κ1) is 14.0. The number of aromatic nitrogens is 1. The first-order valence-corrected chi connectivity index (χ1v) is 8.23. The predicted octanol–water partition coefficient (Wildman–Crippen LogP) is 5.00. The number of rotatable bonds is 4. The number of aryl methyl sites for hydroxylation is 2. The first-order valence-electron chi connectivity index (χ1n) is 5.50. The van der Waals surface area contributed by atoms with Gasteiger partial charge in [0, 0.05) is 10.2 Å². The molecule has 0 saturated carbocycles. The highest BCUT2D eigenvalue weighted by Gasteiger charge is 2.06. The molecule has 0 unspecified atom stereocenters. The van der Waals surface area contributed by atoms with Crippen molar-refractivity contribution in [1.29, 1.82) is 0 Å². The van der Waals surface area contributed by atoms with Gasteiger partial charge in [-0.05, 0) is 47.5 Å². The summed E-state index contributed by atoms with van der Waals surface area (Å²) in [5, 5.41) is 1.86. The summed E-state index contributed by atoms with van der Waals surface area (Å²) in [4.78, 5) is 5.71. The van der Waals surface area contributed by atoms with E-state index < -0.39 is 0 Å². The maximum atomic E-state index is 5.78. The molecule has 0 N–H and O–H groups in total. The van der Waals surface area contributed by atoms with Crippen molar-refractivity contribution in [2.45, 2.75) is 25.8 Å². The van der Waals surface area contributed by atoms with E-state index in [1.165, 1.54) is 10.4 Å². The molecule has 18 heavy (non-hydrogen) atoms. The van der Waals surface area contributed by atoms with Gasteiger partial charge in [0.1, 0.15) is 17.4 Å². The summed E-state index contributed by atoms with van der Waals surface area (Å²) in [7, 11) is 0. The van der Waals surface area contributed by atoms with Gasteiger partial charge in [-0.2, -0.15) is 0 Å². The van der Waals surface area contributed by atoms with Crippen molar-refractivity contribution < 1.29 is 4.74 Å². The number of hydrogen-bond acceptors (Lipinski definition) is 3. The molecule has 0 saturated heterocycles. The second kappa shape index (κ2) is 6.17. The smallest absolute Gasteiger partial charge is 0.140 e. The minimum Gasteiger partial charge on any atom is -0.485 e. The zero-order valence-electron chi connectivity index (χ0n) is 10.2. The van der Waals surface area contributed by atoms with E-state index in [-0.39, 0.29) is 0 Å². The van der Waals surface area contributed by atoms with Crippen molar-refractivity contribution in [3.8, 4) is 5.75 Å². The van der Waals surface area contributed by atoms with Crippen LogP contribution in [0.1, 0.15) is 21.1 Å². The van der Waals surface area contributed by atoms with Gasteiger partial charge in [0.15, 0.2) is 0 Å². The summed E-state index contributed by atoms with van der Waals surface area (Å²) in [5.74, 6) is 0.852. The fraction of sp³-hybridized carbons (Fsp3) is 0.308.